The van der Waals surface area contributed by atoms with E-state index in [2.05, 4.69) is 15.4 Å². The van der Waals surface area contributed by atoms with Crippen LogP contribution in [0.5, 0.6) is 0 Å². The fourth-order valence-electron chi connectivity index (χ4n) is 1.64. The van der Waals surface area contributed by atoms with Crippen molar-refractivity contribution in [2.75, 3.05) is 20.2 Å². The van der Waals surface area contributed by atoms with Gasteiger partial charge in [0.1, 0.15) is 0 Å². The first-order valence-corrected chi connectivity index (χ1v) is 7.45. The van der Waals surface area contributed by atoms with Gasteiger partial charge in [-0.2, -0.15) is 0 Å². The third-order valence-electron chi connectivity index (χ3n) is 2.84. The van der Waals surface area contributed by atoms with Gasteiger partial charge in [-0.05, 0) is 30.7 Å². The van der Waals surface area contributed by atoms with Crippen molar-refractivity contribution in [3.8, 4) is 0 Å². The van der Waals surface area contributed by atoms with E-state index in [0.717, 1.165) is 0 Å². The van der Waals surface area contributed by atoms with Gasteiger partial charge in [-0.25, -0.2) is 4.79 Å². The maximum atomic E-state index is 11.8. The van der Waals surface area contributed by atoms with Gasteiger partial charge in [-0.1, -0.05) is 17.7 Å². The number of hydrogen-bond donors (Lipinski definition) is 2. The molecule has 0 saturated heterocycles. The van der Waals surface area contributed by atoms with Gasteiger partial charge < -0.3 is 15.4 Å². The monoisotopic (exact) mass is 338 g/mol. The number of nitrogens with one attached hydrogen (secondary N) is 2. The van der Waals surface area contributed by atoms with Gasteiger partial charge in [-0.15, -0.1) is 0 Å². The molecule has 0 spiro atoms. The molecule has 2 N–H and O–H groups in total. The van der Waals surface area contributed by atoms with Crippen LogP contribution in [-0.4, -0.2) is 38.0 Å². The summed E-state index contributed by atoms with van der Waals surface area (Å²) in [6, 6.07) is 6.56. The topological polar surface area (TPSA) is 84.5 Å². The van der Waals surface area contributed by atoms with Gasteiger partial charge in [0.05, 0.1) is 7.11 Å². The lowest BCUT2D eigenvalue weighted by Gasteiger charge is -2.05. The van der Waals surface area contributed by atoms with Gasteiger partial charge >= 0.3 is 5.97 Å². The van der Waals surface area contributed by atoms with Crippen molar-refractivity contribution in [2.24, 2.45) is 0 Å². The van der Waals surface area contributed by atoms with E-state index in [1.54, 1.807) is 24.3 Å². The van der Waals surface area contributed by atoms with E-state index in [9.17, 15) is 14.4 Å². The molecule has 0 bridgehead atoms. The van der Waals surface area contributed by atoms with Crippen molar-refractivity contribution >= 4 is 29.4 Å². The Morgan fingerprint density at radius 1 is 1.17 bits per heavy atom. The maximum absolute atomic E-state index is 11.8. The highest BCUT2D eigenvalue weighted by Gasteiger charge is 2.05. The highest BCUT2D eigenvalue weighted by molar-refractivity contribution is 6.30. The van der Waals surface area contributed by atoms with Crippen molar-refractivity contribution in [3.05, 3.63) is 47.0 Å². The third-order valence-corrected chi connectivity index (χ3v) is 3.10. The second kappa shape index (κ2) is 10.4. The van der Waals surface area contributed by atoms with Crippen molar-refractivity contribution < 1.29 is 19.1 Å². The summed E-state index contributed by atoms with van der Waals surface area (Å²) in [6.07, 6.45) is 3.55. The van der Waals surface area contributed by atoms with Gasteiger partial charge in [0.2, 0.25) is 5.91 Å². The standard InChI is InChI=1S/C16H19ClN2O4/c1-23-15(21)5-3-10-18-14(20)4-2-11-19-16(22)12-6-8-13(17)9-7-12/h3,5-9H,2,4,10-11H2,1H3,(H,18,20)(H,19,22)/b5-3+. The van der Waals surface area contributed by atoms with E-state index in [0.29, 0.717) is 23.6 Å². The lowest BCUT2D eigenvalue weighted by atomic mass is 10.2. The van der Waals surface area contributed by atoms with Gasteiger partial charge in [-0.3, -0.25) is 9.59 Å². The predicted molar refractivity (Wildman–Crippen MR) is 87.2 cm³/mol. The Bertz CT molecular complexity index is 570. The van der Waals surface area contributed by atoms with E-state index >= 15 is 0 Å². The van der Waals surface area contributed by atoms with Crippen LogP contribution in [0, 0.1) is 0 Å². The Hall–Kier alpha value is -2.34. The smallest absolute Gasteiger partial charge is 0.330 e. The Kier molecular flexibility index (Phi) is 8.46. The highest BCUT2D eigenvalue weighted by Crippen LogP contribution is 2.09. The number of esters is 1. The van der Waals surface area contributed by atoms with Crippen molar-refractivity contribution in [3.63, 3.8) is 0 Å². The number of benzene rings is 1. The van der Waals surface area contributed by atoms with E-state index in [1.807, 2.05) is 0 Å². The molecule has 124 valence electrons. The molecule has 23 heavy (non-hydrogen) atoms. The third kappa shape index (κ3) is 8.01. The maximum Gasteiger partial charge on any atom is 0.330 e. The quantitative estimate of drug-likeness (QED) is 0.429. The van der Waals surface area contributed by atoms with E-state index in [1.165, 1.54) is 19.3 Å². The van der Waals surface area contributed by atoms with E-state index in [4.69, 9.17) is 11.6 Å². The zero-order valence-electron chi connectivity index (χ0n) is 12.8. The summed E-state index contributed by atoms with van der Waals surface area (Å²) < 4.78 is 4.42. The molecule has 1 aromatic rings. The number of carbonyl (C=O) groups excluding carboxylic acids is 3. The molecule has 2 amide bonds. The number of rotatable bonds is 8. The van der Waals surface area contributed by atoms with Gasteiger partial charge in [0.25, 0.3) is 5.91 Å². The average Bonchev–Trinajstić information content (AvgIpc) is 2.55. The molecule has 0 aromatic heterocycles. The Morgan fingerprint density at radius 3 is 2.52 bits per heavy atom. The molecule has 6 nitrogen and oxygen atoms in total. The number of carbonyl (C=O) groups is 3. The van der Waals surface area contributed by atoms with Crippen LogP contribution < -0.4 is 10.6 Å². The summed E-state index contributed by atoms with van der Waals surface area (Å²) in [6.45, 7) is 0.651. The number of halogens is 1. The summed E-state index contributed by atoms with van der Waals surface area (Å²) in [7, 11) is 1.28. The molecule has 0 aliphatic carbocycles. The molecule has 0 unspecified atom stereocenters. The molecule has 0 saturated carbocycles. The molecule has 0 radical (unpaired) electrons. The fraction of sp³-hybridized carbons (Fsp3) is 0.312. The minimum Gasteiger partial charge on any atom is -0.466 e. The Balaban J connectivity index is 2.15. The van der Waals surface area contributed by atoms with Gasteiger partial charge in [0, 0.05) is 36.2 Å². The lowest BCUT2D eigenvalue weighted by Crippen LogP contribution is -2.27. The Morgan fingerprint density at radius 2 is 1.87 bits per heavy atom. The first kappa shape index (κ1) is 18.7. The summed E-state index contributed by atoms with van der Waals surface area (Å²) in [4.78, 5) is 34.1. The van der Waals surface area contributed by atoms with Crippen LogP contribution >= 0.6 is 11.6 Å². The zero-order chi connectivity index (χ0) is 17.1. The van der Waals surface area contributed by atoms with Crippen LogP contribution in [0.4, 0.5) is 0 Å². The van der Waals surface area contributed by atoms with Gasteiger partial charge in [0.15, 0.2) is 0 Å². The SMILES string of the molecule is COC(=O)/C=C/CNC(=O)CCCNC(=O)c1ccc(Cl)cc1. The number of methoxy groups -OCH3 is 1. The molecule has 0 heterocycles. The van der Waals surface area contributed by atoms with Crippen LogP contribution in [-0.2, 0) is 14.3 Å². The second-order valence-corrected chi connectivity index (χ2v) is 5.03. The summed E-state index contributed by atoms with van der Waals surface area (Å²) >= 11 is 5.75. The molecular formula is C16H19ClN2O4. The number of amides is 2. The molecule has 0 aliphatic heterocycles. The molecule has 0 atom stereocenters. The van der Waals surface area contributed by atoms with Crippen LogP contribution in [0.1, 0.15) is 23.2 Å². The zero-order valence-corrected chi connectivity index (χ0v) is 13.6. The molecule has 0 aliphatic rings. The predicted octanol–water partition coefficient (Wildman–Crippen LogP) is 1.70. The van der Waals surface area contributed by atoms with Crippen LogP contribution in [0.25, 0.3) is 0 Å². The first-order chi connectivity index (χ1) is 11.0. The fourth-order valence-corrected chi connectivity index (χ4v) is 1.76. The lowest BCUT2D eigenvalue weighted by molar-refractivity contribution is -0.134. The second-order valence-electron chi connectivity index (χ2n) is 4.60. The van der Waals surface area contributed by atoms with E-state index in [-0.39, 0.29) is 24.8 Å². The first-order valence-electron chi connectivity index (χ1n) is 7.08. The molecule has 7 heteroatoms. The summed E-state index contributed by atoms with van der Waals surface area (Å²) in [5.74, 6) is -0.826. The van der Waals surface area contributed by atoms with Crippen molar-refractivity contribution in [1.82, 2.24) is 10.6 Å². The van der Waals surface area contributed by atoms with Crippen LogP contribution in [0.15, 0.2) is 36.4 Å². The largest absolute Gasteiger partial charge is 0.466 e. The van der Waals surface area contributed by atoms with E-state index < -0.39 is 5.97 Å². The molecule has 0 fully saturated rings. The van der Waals surface area contributed by atoms with Crippen molar-refractivity contribution in [2.45, 2.75) is 12.8 Å². The molecular weight excluding hydrogens is 320 g/mol. The Labute approximate surface area is 139 Å². The number of hydrogen-bond acceptors (Lipinski definition) is 4. The normalized spacial score (nSPS) is 10.3. The summed E-state index contributed by atoms with van der Waals surface area (Å²) in [5, 5.41) is 5.92. The number of ether oxygens (including phenoxy) is 1. The van der Waals surface area contributed by atoms with Crippen molar-refractivity contribution in [1.29, 1.82) is 0 Å². The highest BCUT2D eigenvalue weighted by atomic mass is 35.5. The average molecular weight is 339 g/mol. The molecule has 1 aromatic carbocycles. The summed E-state index contributed by atoms with van der Waals surface area (Å²) in [5.41, 5.74) is 0.520. The van der Waals surface area contributed by atoms with Crippen LogP contribution in [0.2, 0.25) is 5.02 Å². The minimum absolute atomic E-state index is 0.153. The minimum atomic E-state index is -0.468. The van der Waals surface area contributed by atoms with Crippen LogP contribution in [0.3, 0.4) is 0 Å². The molecule has 1 rings (SSSR count).